The molecule has 0 aliphatic heterocycles. The molecule has 1 heterocycles. The van der Waals surface area contributed by atoms with Gasteiger partial charge in [-0.2, -0.15) is 0 Å². The number of pyridine rings is 1. The van der Waals surface area contributed by atoms with Gasteiger partial charge in [0.1, 0.15) is 11.0 Å². The molecule has 1 amide bonds. The third-order valence-corrected chi connectivity index (χ3v) is 3.52. The zero-order valence-corrected chi connectivity index (χ0v) is 12.6. The molecule has 92 valence electrons. The summed E-state index contributed by atoms with van der Waals surface area (Å²) in [7, 11) is 0. The molecule has 0 spiro atoms. The van der Waals surface area contributed by atoms with Gasteiger partial charge in [-0.3, -0.25) is 4.79 Å². The number of nitrogens with one attached hydrogen (secondary N) is 1. The number of benzene rings is 1. The Hall–Kier alpha value is -0.850. The average molecular weight is 393 g/mol. The predicted molar refractivity (Wildman–Crippen MR) is 81.4 cm³/mol. The normalized spacial score (nSPS) is 10.2. The third-order valence-electron chi connectivity index (χ3n) is 2.13. The standard InChI is InChI=1S/C12H7Cl2IN2O/c13-7-4-5-9(15)8(6-7)12(18)17-11-3-1-2-10(14)16-11/h1-6H,(H,16,17,18). The lowest BCUT2D eigenvalue weighted by molar-refractivity contribution is 0.102. The van der Waals surface area contributed by atoms with Crippen molar-refractivity contribution in [3.05, 3.63) is 55.7 Å². The SMILES string of the molecule is O=C(Nc1cccc(Cl)n1)c1cc(Cl)ccc1I. The van der Waals surface area contributed by atoms with Crippen LogP contribution in [0, 0.1) is 3.57 Å². The Bertz CT molecular complexity index is 604. The first-order valence-electron chi connectivity index (χ1n) is 4.95. The van der Waals surface area contributed by atoms with Crippen LogP contribution in [0.5, 0.6) is 0 Å². The van der Waals surface area contributed by atoms with Gasteiger partial charge < -0.3 is 5.32 Å². The minimum absolute atomic E-state index is 0.267. The first-order chi connectivity index (χ1) is 8.56. The summed E-state index contributed by atoms with van der Waals surface area (Å²) in [6.45, 7) is 0. The van der Waals surface area contributed by atoms with Gasteiger partial charge in [-0.1, -0.05) is 29.3 Å². The molecule has 1 N–H and O–H groups in total. The topological polar surface area (TPSA) is 42.0 Å². The number of rotatable bonds is 2. The second kappa shape index (κ2) is 5.86. The van der Waals surface area contributed by atoms with E-state index in [9.17, 15) is 4.79 Å². The second-order valence-electron chi connectivity index (χ2n) is 3.42. The number of amides is 1. The molecule has 2 aromatic rings. The maximum atomic E-state index is 12.0. The summed E-state index contributed by atoms with van der Waals surface area (Å²) in [6.07, 6.45) is 0. The van der Waals surface area contributed by atoms with Crippen molar-refractivity contribution in [2.24, 2.45) is 0 Å². The van der Waals surface area contributed by atoms with E-state index >= 15 is 0 Å². The van der Waals surface area contributed by atoms with Gasteiger partial charge in [-0.15, -0.1) is 0 Å². The summed E-state index contributed by atoms with van der Waals surface area (Å²) < 4.78 is 0.816. The summed E-state index contributed by atoms with van der Waals surface area (Å²) in [5, 5.41) is 3.51. The fourth-order valence-electron chi connectivity index (χ4n) is 1.33. The number of carbonyl (C=O) groups is 1. The molecule has 0 radical (unpaired) electrons. The number of hydrogen-bond donors (Lipinski definition) is 1. The number of nitrogens with zero attached hydrogens (tertiary/aromatic N) is 1. The van der Waals surface area contributed by atoms with Gasteiger partial charge in [0, 0.05) is 8.59 Å². The molecule has 2 rings (SSSR count). The van der Waals surface area contributed by atoms with Crippen molar-refractivity contribution >= 4 is 57.5 Å². The van der Waals surface area contributed by atoms with Gasteiger partial charge in [0.15, 0.2) is 0 Å². The average Bonchev–Trinajstić information content (AvgIpc) is 2.32. The van der Waals surface area contributed by atoms with Crippen molar-refractivity contribution in [2.75, 3.05) is 5.32 Å². The summed E-state index contributed by atoms with van der Waals surface area (Å²) in [6, 6.07) is 10.2. The number of halogens is 3. The van der Waals surface area contributed by atoms with E-state index in [4.69, 9.17) is 23.2 Å². The highest BCUT2D eigenvalue weighted by atomic mass is 127. The molecule has 18 heavy (non-hydrogen) atoms. The highest BCUT2D eigenvalue weighted by molar-refractivity contribution is 14.1. The van der Waals surface area contributed by atoms with E-state index in [-0.39, 0.29) is 5.91 Å². The highest BCUT2D eigenvalue weighted by Gasteiger charge is 2.11. The lowest BCUT2D eigenvalue weighted by atomic mass is 10.2. The van der Waals surface area contributed by atoms with Crippen LogP contribution in [0.4, 0.5) is 5.82 Å². The van der Waals surface area contributed by atoms with Gasteiger partial charge in [-0.05, 0) is 52.9 Å². The van der Waals surface area contributed by atoms with E-state index in [2.05, 4.69) is 32.9 Å². The Balaban J connectivity index is 2.24. The molecular formula is C12H7Cl2IN2O. The largest absolute Gasteiger partial charge is 0.306 e. The van der Waals surface area contributed by atoms with Crippen molar-refractivity contribution in [2.45, 2.75) is 0 Å². The van der Waals surface area contributed by atoms with Crippen molar-refractivity contribution < 1.29 is 4.79 Å². The van der Waals surface area contributed by atoms with Crippen LogP contribution in [0.1, 0.15) is 10.4 Å². The van der Waals surface area contributed by atoms with Gasteiger partial charge in [-0.25, -0.2) is 4.98 Å². The minimum Gasteiger partial charge on any atom is -0.306 e. The summed E-state index contributed by atoms with van der Waals surface area (Å²) in [4.78, 5) is 16.0. The lowest BCUT2D eigenvalue weighted by Gasteiger charge is -2.06. The molecule has 0 unspecified atom stereocenters. The van der Waals surface area contributed by atoms with Crippen LogP contribution in [0.15, 0.2) is 36.4 Å². The zero-order chi connectivity index (χ0) is 13.1. The summed E-state index contributed by atoms with van der Waals surface area (Å²) in [5.41, 5.74) is 0.505. The molecule has 0 aliphatic rings. The molecule has 0 saturated carbocycles. The quantitative estimate of drug-likeness (QED) is 0.613. The van der Waals surface area contributed by atoms with Gasteiger partial charge in [0.25, 0.3) is 5.91 Å². The monoisotopic (exact) mass is 392 g/mol. The van der Waals surface area contributed by atoms with Gasteiger partial charge in [0.2, 0.25) is 0 Å². The van der Waals surface area contributed by atoms with Gasteiger partial charge in [0.05, 0.1) is 5.56 Å². The van der Waals surface area contributed by atoms with Crippen molar-refractivity contribution in [1.82, 2.24) is 4.98 Å². The van der Waals surface area contributed by atoms with E-state index in [0.29, 0.717) is 21.6 Å². The molecule has 0 atom stereocenters. The van der Waals surface area contributed by atoms with Crippen LogP contribution in [0.2, 0.25) is 10.2 Å². The second-order valence-corrected chi connectivity index (χ2v) is 5.41. The number of hydrogen-bond acceptors (Lipinski definition) is 2. The maximum absolute atomic E-state index is 12.0. The Morgan fingerprint density at radius 1 is 1.22 bits per heavy atom. The third kappa shape index (κ3) is 3.34. The molecule has 1 aromatic carbocycles. The van der Waals surface area contributed by atoms with Crippen LogP contribution < -0.4 is 5.32 Å². The first-order valence-corrected chi connectivity index (χ1v) is 6.79. The molecule has 0 saturated heterocycles. The summed E-state index contributed by atoms with van der Waals surface area (Å²) >= 11 is 13.7. The van der Waals surface area contributed by atoms with E-state index in [1.807, 2.05) is 0 Å². The Morgan fingerprint density at radius 3 is 2.72 bits per heavy atom. The van der Waals surface area contributed by atoms with E-state index in [1.54, 1.807) is 36.4 Å². The van der Waals surface area contributed by atoms with E-state index < -0.39 is 0 Å². The Labute approximate surface area is 128 Å². The predicted octanol–water partition coefficient (Wildman–Crippen LogP) is 4.25. The van der Waals surface area contributed by atoms with Crippen LogP contribution >= 0.6 is 45.8 Å². The van der Waals surface area contributed by atoms with Crippen LogP contribution in [0.3, 0.4) is 0 Å². The molecule has 0 aliphatic carbocycles. The maximum Gasteiger partial charge on any atom is 0.257 e. The lowest BCUT2D eigenvalue weighted by Crippen LogP contribution is -2.14. The first kappa shape index (κ1) is 13.6. The Morgan fingerprint density at radius 2 is 2.00 bits per heavy atom. The van der Waals surface area contributed by atoms with Crippen LogP contribution in [-0.4, -0.2) is 10.9 Å². The van der Waals surface area contributed by atoms with Gasteiger partial charge >= 0.3 is 0 Å². The van der Waals surface area contributed by atoms with Crippen molar-refractivity contribution in [1.29, 1.82) is 0 Å². The van der Waals surface area contributed by atoms with Crippen molar-refractivity contribution in [3.8, 4) is 0 Å². The number of carbonyl (C=O) groups excluding carboxylic acids is 1. The van der Waals surface area contributed by atoms with E-state index in [0.717, 1.165) is 3.57 Å². The molecule has 3 nitrogen and oxygen atoms in total. The Kier molecular flexibility index (Phi) is 4.42. The molecule has 6 heteroatoms. The number of anilines is 1. The fourth-order valence-corrected chi connectivity index (χ4v) is 2.25. The molecule has 0 bridgehead atoms. The van der Waals surface area contributed by atoms with Crippen LogP contribution in [-0.2, 0) is 0 Å². The minimum atomic E-state index is -0.267. The molecular weight excluding hydrogens is 386 g/mol. The van der Waals surface area contributed by atoms with E-state index in [1.165, 1.54) is 0 Å². The van der Waals surface area contributed by atoms with Crippen molar-refractivity contribution in [3.63, 3.8) is 0 Å². The molecule has 0 fully saturated rings. The summed E-state index contributed by atoms with van der Waals surface area (Å²) in [5.74, 6) is 0.139. The van der Waals surface area contributed by atoms with Crippen LogP contribution in [0.25, 0.3) is 0 Å². The fraction of sp³-hybridized carbons (Fsp3) is 0. The number of aromatic nitrogens is 1. The highest BCUT2D eigenvalue weighted by Crippen LogP contribution is 2.19. The smallest absolute Gasteiger partial charge is 0.257 e. The zero-order valence-electron chi connectivity index (χ0n) is 8.95. The molecule has 1 aromatic heterocycles.